The van der Waals surface area contributed by atoms with E-state index in [1.165, 1.54) is 6.92 Å². The molecule has 2 aromatic carbocycles. The number of benzene rings is 2. The smallest absolute Gasteiger partial charge is 0.285 e. The molecule has 0 unspecified atom stereocenters. The van der Waals surface area contributed by atoms with Crippen LogP contribution in [0.1, 0.15) is 43.6 Å². The van der Waals surface area contributed by atoms with E-state index in [1.807, 2.05) is 0 Å². The fraction of sp³-hybridized carbons (Fsp3) is 0.118. The summed E-state index contributed by atoms with van der Waals surface area (Å²) in [7, 11) is 0. The van der Waals surface area contributed by atoms with Gasteiger partial charge in [-0.3, -0.25) is 19.2 Å². The molecule has 3 rings (SSSR count). The average molecular weight is 295 g/mol. The van der Waals surface area contributed by atoms with Crippen LogP contribution in [0.5, 0.6) is 0 Å². The van der Waals surface area contributed by atoms with Crippen LogP contribution in [-0.2, 0) is 11.4 Å². The molecule has 110 valence electrons. The third-order valence-electron chi connectivity index (χ3n) is 3.48. The van der Waals surface area contributed by atoms with Crippen molar-refractivity contribution in [2.75, 3.05) is 0 Å². The number of Topliss-reactive ketones (excluding diaryl/α,β-unsaturated/α-hetero) is 1. The summed E-state index contributed by atoms with van der Waals surface area (Å²) in [6.45, 7) is 1.56. The number of fused-ring (bicyclic) bond motifs is 1. The third-order valence-corrected chi connectivity index (χ3v) is 3.48. The number of amides is 2. The maximum Gasteiger partial charge on any atom is 0.285 e. The Kier molecular flexibility index (Phi) is 3.56. The van der Waals surface area contributed by atoms with Gasteiger partial charge in [-0.15, -0.1) is 5.06 Å². The molecule has 0 N–H and O–H groups in total. The molecule has 0 fully saturated rings. The van der Waals surface area contributed by atoms with Crippen LogP contribution in [0.3, 0.4) is 0 Å². The maximum absolute atomic E-state index is 12.1. The van der Waals surface area contributed by atoms with Crippen LogP contribution in [0.2, 0.25) is 0 Å². The molecule has 1 aliphatic rings. The van der Waals surface area contributed by atoms with Crippen molar-refractivity contribution in [3.8, 4) is 0 Å². The maximum atomic E-state index is 12.1. The summed E-state index contributed by atoms with van der Waals surface area (Å²) in [5, 5.41) is 0.781. The first-order chi connectivity index (χ1) is 10.6. The molecule has 22 heavy (non-hydrogen) atoms. The lowest BCUT2D eigenvalue weighted by Gasteiger charge is -2.13. The number of ketones is 1. The van der Waals surface area contributed by atoms with Gasteiger partial charge in [-0.25, -0.2) is 0 Å². The highest BCUT2D eigenvalue weighted by Crippen LogP contribution is 2.23. The summed E-state index contributed by atoms with van der Waals surface area (Å²) in [6.07, 6.45) is 0. The normalized spacial score (nSPS) is 13.4. The van der Waals surface area contributed by atoms with Crippen LogP contribution in [0.4, 0.5) is 0 Å². The molecular weight excluding hydrogens is 282 g/mol. The lowest BCUT2D eigenvalue weighted by atomic mass is 10.1. The van der Waals surface area contributed by atoms with Gasteiger partial charge in [-0.05, 0) is 24.6 Å². The van der Waals surface area contributed by atoms with E-state index in [9.17, 15) is 14.4 Å². The van der Waals surface area contributed by atoms with Crippen molar-refractivity contribution in [1.29, 1.82) is 0 Å². The van der Waals surface area contributed by atoms with Gasteiger partial charge < -0.3 is 0 Å². The first-order valence-electron chi connectivity index (χ1n) is 6.78. The SMILES string of the molecule is CC(=O)c1ccc(CON2C(=O)c3ccccc3C2=O)cc1. The fourth-order valence-electron chi connectivity index (χ4n) is 2.26. The molecule has 5 nitrogen and oxygen atoms in total. The molecule has 0 atom stereocenters. The molecule has 1 aliphatic heterocycles. The van der Waals surface area contributed by atoms with Crippen LogP contribution in [0.25, 0.3) is 0 Å². The Morgan fingerprint density at radius 3 is 2.00 bits per heavy atom. The second-order valence-corrected chi connectivity index (χ2v) is 4.98. The lowest BCUT2D eigenvalue weighted by Crippen LogP contribution is -2.29. The highest BCUT2D eigenvalue weighted by molar-refractivity contribution is 6.20. The zero-order chi connectivity index (χ0) is 15.7. The zero-order valence-corrected chi connectivity index (χ0v) is 11.9. The number of carbonyl (C=O) groups is 3. The van der Waals surface area contributed by atoms with Crippen molar-refractivity contribution in [2.24, 2.45) is 0 Å². The zero-order valence-electron chi connectivity index (χ0n) is 11.9. The van der Waals surface area contributed by atoms with Crippen molar-refractivity contribution >= 4 is 17.6 Å². The summed E-state index contributed by atoms with van der Waals surface area (Å²) in [5.41, 5.74) is 2.06. The summed E-state index contributed by atoms with van der Waals surface area (Å²) >= 11 is 0. The lowest BCUT2D eigenvalue weighted by molar-refractivity contribution is -0.101. The number of imide groups is 1. The summed E-state index contributed by atoms with van der Waals surface area (Å²) in [5.74, 6) is -0.935. The van der Waals surface area contributed by atoms with E-state index in [1.54, 1.807) is 48.5 Å². The van der Waals surface area contributed by atoms with Crippen LogP contribution >= 0.6 is 0 Å². The number of rotatable bonds is 4. The minimum atomic E-state index is -0.457. The van der Waals surface area contributed by atoms with Gasteiger partial charge in [0, 0.05) is 5.56 Å². The topological polar surface area (TPSA) is 63.7 Å². The van der Waals surface area contributed by atoms with Crippen molar-refractivity contribution in [2.45, 2.75) is 13.5 Å². The highest BCUT2D eigenvalue weighted by Gasteiger charge is 2.36. The Labute approximate surface area is 127 Å². The Morgan fingerprint density at radius 2 is 1.50 bits per heavy atom. The number of hydrogen-bond acceptors (Lipinski definition) is 4. The van der Waals surface area contributed by atoms with Crippen molar-refractivity contribution < 1.29 is 19.2 Å². The van der Waals surface area contributed by atoms with E-state index in [0.717, 1.165) is 10.6 Å². The van der Waals surface area contributed by atoms with Crippen LogP contribution < -0.4 is 0 Å². The summed E-state index contributed by atoms with van der Waals surface area (Å²) in [6, 6.07) is 13.4. The molecule has 1 heterocycles. The summed E-state index contributed by atoms with van der Waals surface area (Å²) in [4.78, 5) is 40.8. The largest absolute Gasteiger partial charge is 0.295 e. The standard InChI is InChI=1S/C17H13NO4/c1-11(19)13-8-6-12(7-9-13)10-22-18-16(20)14-4-2-3-5-15(14)17(18)21/h2-9H,10H2,1H3. The molecule has 0 saturated heterocycles. The molecule has 2 aromatic rings. The minimum Gasteiger partial charge on any atom is -0.295 e. The third kappa shape index (κ3) is 2.42. The van der Waals surface area contributed by atoms with Crippen LogP contribution in [0.15, 0.2) is 48.5 Å². The molecule has 0 aromatic heterocycles. The molecule has 0 bridgehead atoms. The molecule has 5 heteroatoms. The molecular formula is C17H13NO4. The predicted octanol–water partition coefficient (Wildman–Crippen LogP) is 2.62. The highest BCUT2D eigenvalue weighted by atomic mass is 16.7. The van der Waals surface area contributed by atoms with E-state index in [0.29, 0.717) is 16.7 Å². The van der Waals surface area contributed by atoms with Crippen LogP contribution in [-0.4, -0.2) is 22.7 Å². The van der Waals surface area contributed by atoms with Crippen molar-refractivity contribution in [1.82, 2.24) is 5.06 Å². The molecule has 0 radical (unpaired) electrons. The second kappa shape index (κ2) is 5.54. The summed E-state index contributed by atoms with van der Waals surface area (Å²) < 4.78 is 0. The van der Waals surface area contributed by atoms with Gasteiger partial charge in [-0.2, -0.15) is 0 Å². The Balaban J connectivity index is 1.71. The molecule has 0 saturated carbocycles. The van der Waals surface area contributed by atoms with E-state index in [-0.39, 0.29) is 12.4 Å². The first-order valence-corrected chi connectivity index (χ1v) is 6.78. The fourth-order valence-corrected chi connectivity index (χ4v) is 2.26. The number of hydroxylamine groups is 2. The van der Waals surface area contributed by atoms with E-state index in [2.05, 4.69) is 0 Å². The van der Waals surface area contributed by atoms with E-state index in [4.69, 9.17) is 4.84 Å². The number of carbonyl (C=O) groups excluding carboxylic acids is 3. The van der Waals surface area contributed by atoms with Crippen molar-refractivity contribution in [3.05, 3.63) is 70.8 Å². The monoisotopic (exact) mass is 295 g/mol. The van der Waals surface area contributed by atoms with Gasteiger partial charge in [-0.1, -0.05) is 36.4 Å². The van der Waals surface area contributed by atoms with Gasteiger partial charge >= 0.3 is 0 Å². The Bertz CT molecular complexity index is 729. The van der Waals surface area contributed by atoms with Gasteiger partial charge in [0.25, 0.3) is 11.8 Å². The second-order valence-electron chi connectivity index (χ2n) is 4.98. The van der Waals surface area contributed by atoms with E-state index >= 15 is 0 Å². The molecule has 0 aliphatic carbocycles. The molecule has 0 spiro atoms. The van der Waals surface area contributed by atoms with Gasteiger partial charge in [0.05, 0.1) is 11.1 Å². The van der Waals surface area contributed by atoms with Crippen molar-refractivity contribution in [3.63, 3.8) is 0 Å². The van der Waals surface area contributed by atoms with E-state index < -0.39 is 11.8 Å². The molecule has 2 amide bonds. The quantitative estimate of drug-likeness (QED) is 0.642. The van der Waals surface area contributed by atoms with Gasteiger partial charge in [0.1, 0.15) is 6.61 Å². The first kappa shape index (κ1) is 14.2. The van der Waals surface area contributed by atoms with Gasteiger partial charge in [0.15, 0.2) is 5.78 Å². The Morgan fingerprint density at radius 1 is 0.955 bits per heavy atom. The minimum absolute atomic E-state index is 0.0205. The predicted molar refractivity (Wildman–Crippen MR) is 78.2 cm³/mol. The van der Waals surface area contributed by atoms with Crippen LogP contribution in [0, 0.1) is 0 Å². The Hall–Kier alpha value is -2.79. The number of hydrogen-bond donors (Lipinski definition) is 0. The average Bonchev–Trinajstić information content (AvgIpc) is 2.78. The number of nitrogens with zero attached hydrogens (tertiary/aromatic N) is 1. The van der Waals surface area contributed by atoms with Gasteiger partial charge in [0.2, 0.25) is 0 Å².